The van der Waals surface area contributed by atoms with E-state index in [0.717, 1.165) is 5.56 Å². The molecular weight excluding hydrogens is 296 g/mol. The second-order valence-electron chi connectivity index (χ2n) is 3.81. The molecule has 4 nitrogen and oxygen atoms in total. The highest BCUT2D eigenvalue weighted by Gasteiger charge is 2.04. The Morgan fingerprint density at radius 2 is 2.28 bits per heavy atom. The van der Waals surface area contributed by atoms with Crippen LogP contribution < -0.4 is 0 Å². The smallest absolute Gasteiger partial charge is 0.189 e. The number of rotatable bonds is 3. The highest BCUT2D eigenvalue weighted by atomic mass is 79.9. The van der Waals surface area contributed by atoms with Gasteiger partial charge in [-0.2, -0.15) is 5.10 Å². The lowest BCUT2D eigenvalue weighted by Crippen LogP contribution is -1.91. The van der Waals surface area contributed by atoms with Crippen molar-refractivity contribution >= 4 is 27.8 Å². The van der Waals surface area contributed by atoms with Crippen molar-refractivity contribution in [1.29, 1.82) is 0 Å². The second-order valence-corrected chi connectivity index (χ2v) is 4.67. The van der Waals surface area contributed by atoms with Crippen LogP contribution in [0.3, 0.4) is 0 Å². The Kier molecular flexibility index (Phi) is 3.62. The van der Waals surface area contributed by atoms with Gasteiger partial charge in [0.25, 0.3) is 0 Å². The summed E-state index contributed by atoms with van der Waals surface area (Å²) in [6.45, 7) is 0. The number of carbonyl (C=O) groups is 1. The summed E-state index contributed by atoms with van der Waals surface area (Å²) < 4.78 is 2.18. The van der Waals surface area contributed by atoms with Crippen LogP contribution in [-0.4, -0.2) is 20.7 Å². The molecule has 1 aromatic heterocycles. The van der Waals surface area contributed by atoms with E-state index in [1.54, 1.807) is 42.2 Å². The third-order valence-electron chi connectivity index (χ3n) is 2.39. The summed E-state index contributed by atoms with van der Waals surface area (Å²) in [5.74, 6) is 0.0676. The number of aromatic hydroxyl groups is 1. The molecular formula is C13H11BrN2O2. The molecule has 92 valence electrons. The number of nitrogens with zero attached hydrogens (tertiary/aromatic N) is 2. The average Bonchev–Trinajstić information content (AvgIpc) is 2.77. The Morgan fingerprint density at radius 1 is 1.50 bits per heavy atom. The van der Waals surface area contributed by atoms with Crippen LogP contribution in [0.4, 0.5) is 0 Å². The molecule has 0 radical (unpaired) electrons. The number of hydrogen-bond acceptors (Lipinski definition) is 3. The minimum atomic E-state index is -0.104. The van der Waals surface area contributed by atoms with Crippen molar-refractivity contribution in [1.82, 2.24) is 9.78 Å². The lowest BCUT2D eigenvalue weighted by Gasteiger charge is -1.97. The molecule has 0 aliphatic rings. The van der Waals surface area contributed by atoms with Crippen molar-refractivity contribution in [2.45, 2.75) is 0 Å². The van der Waals surface area contributed by atoms with Crippen molar-refractivity contribution in [3.63, 3.8) is 0 Å². The summed E-state index contributed by atoms with van der Waals surface area (Å²) >= 11 is 3.22. The summed E-state index contributed by atoms with van der Waals surface area (Å²) in [6.07, 6.45) is 6.37. The van der Waals surface area contributed by atoms with E-state index in [-0.39, 0.29) is 11.5 Å². The summed E-state index contributed by atoms with van der Waals surface area (Å²) in [7, 11) is 1.76. The first-order valence-corrected chi connectivity index (χ1v) is 6.05. The molecule has 1 N–H and O–H groups in total. The van der Waals surface area contributed by atoms with Gasteiger partial charge in [0.2, 0.25) is 0 Å². The lowest BCUT2D eigenvalue weighted by atomic mass is 10.1. The third kappa shape index (κ3) is 2.87. The zero-order chi connectivity index (χ0) is 13.1. The van der Waals surface area contributed by atoms with E-state index >= 15 is 0 Å². The summed E-state index contributed by atoms with van der Waals surface area (Å²) in [6, 6.07) is 5.04. The van der Waals surface area contributed by atoms with Crippen molar-refractivity contribution < 1.29 is 9.90 Å². The molecule has 0 amide bonds. The minimum Gasteiger partial charge on any atom is -0.507 e. The fourth-order valence-electron chi connectivity index (χ4n) is 1.44. The van der Waals surface area contributed by atoms with E-state index in [2.05, 4.69) is 21.0 Å². The lowest BCUT2D eigenvalue weighted by molar-refractivity contribution is 0.104. The maximum atomic E-state index is 11.8. The molecule has 0 bridgehead atoms. The van der Waals surface area contributed by atoms with Crippen molar-refractivity contribution in [3.8, 4) is 5.75 Å². The van der Waals surface area contributed by atoms with Gasteiger partial charge >= 0.3 is 0 Å². The predicted octanol–water partition coefficient (Wildman–Crippen LogP) is 2.78. The number of aryl methyl sites for hydroxylation is 1. The second kappa shape index (κ2) is 5.18. The SMILES string of the molecule is Cn1cc(C(=O)/C=C/c2ccc(O)c(Br)c2)cn1. The van der Waals surface area contributed by atoms with Gasteiger partial charge in [0.15, 0.2) is 5.78 Å². The summed E-state index contributed by atoms with van der Waals surface area (Å²) in [5, 5.41) is 13.3. The van der Waals surface area contributed by atoms with Gasteiger partial charge in [0.1, 0.15) is 5.75 Å². The molecule has 2 aromatic rings. The van der Waals surface area contributed by atoms with E-state index in [4.69, 9.17) is 0 Å². The molecule has 0 unspecified atom stereocenters. The Bertz CT molecular complexity index is 617. The van der Waals surface area contributed by atoms with E-state index < -0.39 is 0 Å². The quantitative estimate of drug-likeness (QED) is 0.701. The number of phenols is 1. The molecule has 1 aromatic carbocycles. The number of benzene rings is 1. The van der Waals surface area contributed by atoms with Crippen LogP contribution in [0.25, 0.3) is 6.08 Å². The fourth-order valence-corrected chi connectivity index (χ4v) is 1.84. The van der Waals surface area contributed by atoms with Crippen LogP contribution >= 0.6 is 15.9 Å². The highest BCUT2D eigenvalue weighted by Crippen LogP contribution is 2.24. The average molecular weight is 307 g/mol. The Hall–Kier alpha value is -1.88. The molecule has 0 atom stereocenters. The number of ketones is 1. The Morgan fingerprint density at radius 3 is 2.89 bits per heavy atom. The van der Waals surface area contributed by atoms with Crippen LogP contribution in [0.1, 0.15) is 15.9 Å². The zero-order valence-corrected chi connectivity index (χ0v) is 11.3. The first-order chi connectivity index (χ1) is 8.56. The standard InChI is InChI=1S/C13H11BrN2O2/c1-16-8-10(7-15-16)12(17)4-2-9-3-5-13(18)11(14)6-9/h2-8,18H,1H3/b4-2+. The number of hydrogen-bond donors (Lipinski definition) is 1. The number of carbonyl (C=O) groups excluding carboxylic acids is 1. The van der Waals surface area contributed by atoms with Gasteiger partial charge in [0.05, 0.1) is 16.2 Å². The predicted molar refractivity (Wildman–Crippen MR) is 72.4 cm³/mol. The normalized spacial score (nSPS) is 11.0. The van der Waals surface area contributed by atoms with Crippen LogP contribution in [0.5, 0.6) is 5.75 Å². The van der Waals surface area contributed by atoms with Gasteiger partial charge in [-0.25, -0.2) is 0 Å². The van der Waals surface area contributed by atoms with Crippen molar-refractivity contribution in [3.05, 3.63) is 52.3 Å². The van der Waals surface area contributed by atoms with E-state index in [0.29, 0.717) is 10.0 Å². The Balaban J connectivity index is 2.15. The van der Waals surface area contributed by atoms with Gasteiger partial charge in [-0.15, -0.1) is 0 Å². The molecule has 0 fully saturated rings. The van der Waals surface area contributed by atoms with Gasteiger partial charge < -0.3 is 5.11 Å². The monoisotopic (exact) mass is 306 g/mol. The van der Waals surface area contributed by atoms with Crippen LogP contribution in [0.2, 0.25) is 0 Å². The number of allylic oxidation sites excluding steroid dienone is 1. The van der Waals surface area contributed by atoms with Crippen LogP contribution in [-0.2, 0) is 7.05 Å². The molecule has 18 heavy (non-hydrogen) atoms. The molecule has 0 saturated heterocycles. The molecule has 0 spiro atoms. The van der Waals surface area contributed by atoms with Gasteiger partial charge in [-0.05, 0) is 39.7 Å². The summed E-state index contributed by atoms with van der Waals surface area (Å²) in [4.78, 5) is 11.8. The van der Waals surface area contributed by atoms with E-state index in [1.165, 1.54) is 12.3 Å². The molecule has 1 heterocycles. The van der Waals surface area contributed by atoms with Crippen molar-refractivity contribution in [2.24, 2.45) is 7.05 Å². The van der Waals surface area contributed by atoms with Crippen LogP contribution in [0, 0.1) is 0 Å². The molecule has 5 heteroatoms. The first kappa shape index (κ1) is 12.6. The topological polar surface area (TPSA) is 55.1 Å². The van der Waals surface area contributed by atoms with Crippen LogP contribution in [0.15, 0.2) is 41.1 Å². The van der Waals surface area contributed by atoms with Gasteiger partial charge in [-0.3, -0.25) is 9.48 Å². The van der Waals surface area contributed by atoms with Gasteiger partial charge in [-0.1, -0.05) is 12.1 Å². The molecule has 0 aliphatic heterocycles. The third-order valence-corrected chi connectivity index (χ3v) is 3.02. The highest BCUT2D eigenvalue weighted by molar-refractivity contribution is 9.10. The Labute approximate surface area is 113 Å². The molecule has 0 saturated carbocycles. The largest absolute Gasteiger partial charge is 0.507 e. The molecule has 0 aliphatic carbocycles. The molecule has 2 rings (SSSR count). The zero-order valence-electron chi connectivity index (χ0n) is 9.67. The summed E-state index contributed by atoms with van der Waals surface area (Å²) in [5.41, 5.74) is 1.38. The minimum absolute atomic E-state index is 0.104. The maximum Gasteiger partial charge on any atom is 0.189 e. The van der Waals surface area contributed by atoms with Crippen molar-refractivity contribution in [2.75, 3.05) is 0 Å². The van der Waals surface area contributed by atoms with E-state index in [1.807, 2.05) is 0 Å². The van der Waals surface area contributed by atoms with E-state index in [9.17, 15) is 9.90 Å². The first-order valence-electron chi connectivity index (χ1n) is 5.26. The number of phenolic OH excluding ortho intramolecular Hbond substituents is 1. The fraction of sp³-hybridized carbons (Fsp3) is 0.0769. The van der Waals surface area contributed by atoms with Gasteiger partial charge in [0, 0.05) is 13.2 Å². The number of halogens is 1. The maximum absolute atomic E-state index is 11.8. The number of aromatic nitrogens is 2.